The summed E-state index contributed by atoms with van der Waals surface area (Å²) in [4.78, 5) is 19.1. The second-order valence-corrected chi connectivity index (χ2v) is 5.54. The number of carbonyl (C=O) groups excluding carboxylic acids is 1. The molecule has 2 aliphatic heterocycles. The number of nitrogens with one attached hydrogen (secondary N) is 1. The van der Waals surface area contributed by atoms with Gasteiger partial charge in [0.05, 0.1) is 11.6 Å². The van der Waals surface area contributed by atoms with E-state index in [0.29, 0.717) is 30.2 Å². The lowest BCUT2D eigenvalue weighted by Crippen LogP contribution is -2.48. The first-order chi connectivity index (χ1) is 11.3. The number of para-hydroxylation sites is 1. The Balaban J connectivity index is 0.00000169. The van der Waals surface area contributed by atoms with Crippen LogP contribution in [0.4, 0.5) is 0 Å². The predicted octanol–water partition coefficient (Wildman–Crippen LogP) is 2.02. The number of amides is 1. The number of pyridine rings is 1. The quantitative estimate of drug-likeness (QED) is 0.900. The second-order valence-electron chi connectivity index (χ2n) is 5.54. The molecule has 1 amide bonds. The molecule has 1 fully saturated rings. The molecule has 3 heterocycles. The van der Waals surface area contributed by atoms with E-state index in [0.717, 1.165) is 12.1 Å². The molecule has 0 spiro atoms. The summed E-state index contributed by atoms with van der Waals surface area (Å²) >= 11 is 0. The summed E-state index contributed by atoms with van der Waals surface area (Å²) in [5, 5.41) is 3.34. The van der Waals surface area contributed by atoms with Gasteiger partial charge in [0.2, 0.25) is 6.79 Å². The molecule has 4 rings (SSSR count). The highest BCUT2D eigenvalue weighted by molar-refractivity contribution is 5.98. The van der Waals surface area contributed by atoms with Crippen LogP contribution < -0.4 is 14.8 Å². The predicted molar refractivity (Wildman–Crippen MR) is 90.7 cm³/mol. The van der Waals surface area contributed by atoms with Crippen molar-refractivity contribution in [2.45, 2.75) is 6.04 Å². The standard InChI is InChI=1S/C17H17N3O3.ClH/c21-17(13-4-1-5-15-16(13)23-11-22-15)20-8-7-19-10-14(20)12-3-2-6-18-9-12;/h1-6,9,14,19H,7-8,10-11H2;1H. The Morgan fingerprint density at radius 3 is 3.00 bits per heavy atom. The molecule has 126 valence electrons. The van der Waals surface area contributed by atoms with E-state index >= 15 is 0 Å². The van der Waals surface area contributed by atoms with E-state index in [4.69, 9.17) is 9.47 Å². The lowest BCUT2D eigenvalue weighted by Gasteiger charge is -2.36. The summed E-state index contributed by atoms with van der Waals surface area (Å²) in [5.74, 6) is 1.13. The molecule has 6 nitrogen and oxygen atoms in total. The summed E-state index contributed by atoms with van der Waals surface area (Å²) in [6, 6.07) is 9.28. The smallest absolute Gasteiger partial charge is 0.258 e. The van der Waals surface area contributed by atoms with Crippen molar-refractivity contribution < 1.29 is 14.3 Å². The van der Waals surface area contributed by atoms with Crippen LogP contribution in [0.2, 0.25) is 0 Å². The molecule has 24 heavy (non-hydrogen) atoms. The van der Waals surface area contributed by atoms with E-state index in [9.17, 15) is 4.79 Å². The Labute approximate surface area is 146 Å². The highest BCUT2D eigenvalue weighted by Gasteiger charge is 2.32. The first-order valence-corrected chi connectivity index (χ1v) is 7.65. The van der Waals surface area contributed by atoms with Gasteiger partial charge in [-0.05, 0) is 23.8 Å². The van der Waals surface area contributed by atoms with E-state index in [2.05, 4.69) is 10.3 Å². The largest absolute Gasteiger partial charge is 0.454 e. The maximum Gasteiger partial charge on any atom is 0.258 e. The number of halogens is 1. The van der Waals surface area contributed by atoms with Gasteiger partial charge in [0.25, 0.3) is 5.91 Å². The number of hydrogen-bond donors (Lipinski definition) is 1. The average Bonchev–Trinajstić information content (AvgIpc) is 3.10. The fraction of sp³-hybridized carbons (Fsp3) is 0.294. The van der Waals surface area contributed by atoms with Crippen molar-refractivity contribution in [3.05, 3.63) is 53.9 Å². The molecule has 0 radical (unpaired) electrons. The monoisotopic (exact) mass is 347 g/mol. The molecule has 1 atom stereocenters. The minimum absolute atomic E-state index is 0. The molecule has 7 heteroatoms. The fourth-order valence-corrected chi connectivity index (χ4v) is 3.07. The topological polar surface area (TPSA) is 63.7 Å². The third-order valence-corrected chi connectivity index (χ3v) is 4.20. The Morgan fingerprint density at radius 1 is 1.25 bits per heavy atom. The Bertz CT molecular complexity index is 726. The molecule has 2 aromatic rings. The van der Waals surface area contributed by atoms with Crippen LogP contribution in [0.5, 0.6) is 11.5 Å². The van der Waals surface area contributed by atoms with Gasteiger partial charge >= 0.3 is 0 Å². The minimum atomic E-state index is -0.0392. The molecule has 1 aromatic carbocycles. The van der Waals surface area contributed by atoms with Gasteiger partial charge in [-0.3, -0.25) is 9.78 Å². The van der Waals surface area contributed by atoms with E-state index < -0.39 is 0 Å². The zero-order chi connectivity index (χ0) is 15.6. The third-order valence-electron chi connectivity index (χ3n) is 4.20. The van der Waals surface area contributed by atoms with Gasteiger partial charge in [0.1, 0.15) is 0 Å². The Morgan fingerprint density at radius 2 is 2.17 bits per heavy atom. The Kier molecular flexibility index (Phi) is 4.87. The molecule has 0 aliphatic carbocycles. The van der Waals surface area contributed by atoms with E-state index in [1.54, 1.807) is 12.3 Å². The molecule has 1 N–H and O–H groups in total. The van der Waals surface area contributed by atoms with Crippen LogP contribution in [0.1, 0.15) is 22.0 Å². The van der Waals surface area contributed by atoms with Crippen molar-refractivity contribution in [2.75, 3.05) is 26.4 Å². The lowest BCUT2D eigenvalue weighted by molar-refractivity contribution is 0.0629. The molecule has 1 saturated heterocycles. The molecule has 0 bridgehead atoms. The summed E-state index contributed by atoms with van der Waals surface area (Å²) < 4.78 is 10.9. The number of piperazine rings is 1. The SMILES string of the molecule is Cl.O=C(c1cccc2c1OCO2)N1CCNCC1c1cccnc1. The highest BCUT2D eigenvalue weighted by Crippen LogP contribution is 2.37. The minimum Gasteiger partial charge on any atom is -0.454 e. The molecule has 2 aliphatic rings. The summed E-state index contributed by atoms with van der Waals surface area (Å²) in [7, 11) is 0. The van der Waals surface area contributed by atoms with Crippen LogP contribution in [0.3, 0.4) is 0 Å². The number of ether oxygens (including phenoxy) is 2. The summed E-state index contributed by atoms with van der Waals surface area (Å²) in [6.45, 7) is 2.29. The van der Waals surface area contributed by atoms with Crippen molar-refractivity contribution >= 4 is 18.3 Å². The zero-order valence-electron chi connectivity index (χ0n) is 13.0. The van der Waals surface area contributed by atoms with Crippen molar-refractivity contribution in [3.8, 4) is 11.5 Å². The third kappa shape index (κ3) is 2.90. The number of rotatable bonds is 2. The van der Waals surface area contributed by atoms with E-state index in [-0.39, 0.29) is 31.1 Å². The number of nitrogens with zero attached hydrogens (tertiary/aromatic N) is 2. The van der Waals surface area contributed by atoms with Gasteiger partial charge in [-0.25, -0.2) is 0 Å². The molecule has 0 saturated carbocycles. The van der Waals surface area contributed by atoms with Gasteiger partial charge in [-0.1, -0.05) is 12.1 Å². The van der Waals surface area contributed by atoms with Crippen molar-refractivity contribution in [3.63, 3.8) is 0 Å². The van der Waals surface area contributed by atoms with Crippen LogP contribution in [-0.4, -0.2) is 42.2 Å². The van der Waals surface area contributed by atoms with Gasteiger partial charge in [-0.2, -0.15) is 0 Å². The second kappa shape index (κ2) is 7.07. The molecular weight excluding hydrogens is 330 g/mol. The van der Waals surface area contributed by atoms with Crippen LogP contribution in [-0.2, 0) is 0 Å². The highest BCUT2D eigenvalue weighted by atomic mass is 35.5. The van der Waals surface area contributed by atoms with E-state index in [1.807, 2.05) is 35.4 Å². The zero-order valence-corrected chi connectivity index (χ0v) is 13.8. The van der Waals surface area contributed by atoms with Gasteiger partial charge in [0, 0.05) is 32.0 Å². The normalized spacial score (nSPS) is 18.8. The summed E-state index contributed by atoms with van der Waals surface area (Å²) in [5.41, 5.74) is 1.58. The van der Waals surface area contributed by atoms with Crippen LogP contribution in [0, 0.1) is 0 Å². The molecular formula is C17H18ClN3O3. The van der Waals surface area contributed by atoms with Crippen molar-refractivity contribution in [1.29, 1.82) is 0 Å². The lowest BCUT2D eigenvalue weighted by atomic mass is 10.0. The number of carbonyl (C=O) groups is 1. The molecule has 1 aromatic heterocycles. The van der Waals surface area contributed by atoms with Crippen LogP contribution in [0.15, 0.2) is 42.7 Å². The van der Waals surface area contributed by atoms with Gasteiger partial charge < -0.3 is 19.7 Å². The number of fused-ring (bicyclic) bond motifs is 1. The summed E-state index contributed by atoms with van der Waals surface area (Å²) in [6.07, 6.45) is 3.55. The first-order valence-electron chi connectivity index (χ1n) is 7.65. The number of aromatic nitrogens is 1. The average molecular weight is 348 g/mol. The number of hydrogen-bond acceptors (Lipinski definition) is 5. The van der Waals surface area contributed by atoms with Gasteiger partial charge in [-0.15, -0.1) is 12.4 Å². The van der Waals surface area contributed by atoms with Crippen molar-refractivity contribution in [2.24, 2.45) is 0 Å². The van der Waals surface area contributed by atoms with E-state index in [1.165, 1.54) is 0 Å². The van der Waals surface area contributed by atoms with Crippen LogP contribution in [0.25, 0.3) is 0 Å². The van der Waals surface area contributed by atoms with Gasteiger partial charge in [0.15, 0.2) is 11.5 Å². The fourth-order valence-electron chi connectivity index (χ4n) is 3.07. The Hall–Kier alpha value is -2.31. The maximum atomic E-state index is 13.1. The van der Waals surface area contributed by atoms with Crippen molar-refractivity contribution in [1.82, 2.24) is 15.2 Å². The first kappa shape index (κ1) is 16.5. The van der Waals surface area contributed by atoms with Crippen LogP contribution >= 0.6 is 12.4 Å². The number of benzene rings is 1. The molecule has 1 unspecified atom stereocenters. The maximum absolute atomic E-state index is 13.1.